The average molecular weight is 593 g/mol. The zero-order valence-electron chi connectivity index (χ0n) is 29.7. The summed E-state index contributed by atoms with van der Waals surface area (Å²) in [5.41, 5.74) is 17.0. The van der Waals surface area contributed by atoms with Gasteiger partial charge in [-0.1, -0.05) is 106 Å². The smallest absolute Gasteiger partial charge is 0.252 e. The molecule has 3 aliphatic heterocycles. The Bertz CT molecular complexity index is 2120. The summed E-state index contributed by atoms with van der Waals surface area (Å²) in [5, 5.41) is 2.76. The lowest BCUT2D eigenvalue weighted by molar-refractivity contribution is 0.330. The Balaban J connectivity index is 1.60. The van der Waals surface area contributed by atoms with Crippen LogP contribution in [0.3, 0.4) is 0 Å². The van der Waals surface area contributed by atoms with Crippen LogP contribution in [0, 0.1) is 0 Å². The molecule has 3 heteroatoms. The number of benzene rings is 4. The van der Waals surface area contributed by atoms with Gasteiger partial charge in [-0.25, -0.2) is 0 Å². The molecule has 0 unspecified atom stereocenters. The number of nitrogens with zero attached hydrogens (tertiary/aromatic N) is 2. The molecule has 0 saturated heterocycles. The predicted molar refractivity (Wildman–Crippen MR) is 197 cm³/mol. The summed E-state index contributed by atoms with van der Waals surface area (Å²) >= 11 is 0. The molecule has 0 amide bonds. The molecule has 230 valence electrons. The summed E-state index contributed by atoms with van der Waals surface area (Å²) in [6.07, 6.45) is 0. The first-order valence-corrected chi connectivity index (χ1v) is 17.0. The van der Waals surface area contributed by atoms with Crippen molar-refractivity contribution in [2.45, 2.75) is 117 Å². The third kappa shape index (κ3) is 3.53. The molecule has 0 fully saturated rings. The quantitative estimate of drug-likeness (QED) is 0.160. The maximum atomic E-state index is 2.72. The number of hydrogen-bond acceptors (Lipinski definition) is 1. The van der Waals surface area contributed by atoms with Crippen LogP contribution in [0.15, 0.2) is 60.7 Å². The molecule has 8 rings (SSSR count). The number of anilines is 2. The van der Waals surface area contributed by atoms with Crippen LogP contribution >= 0.6 is 0 Å². The van der Waals surface area contributed by atoms with Crippen LogP contribution in [-0.2, 0) is 21.7 Å². The molecule has 2 nitrogen and oxygen atoms in total. The van der Waals surface area contributed by atoms with Gasteiger partial charge in [0, 0.05) is 44.3 Å². The topological polar surface area (TPSA) is 8.17 Å². The highest BCUT2D eigenvalue weighted by molar-refractivity contribution is 7.00. The summed E-state index contributed by atoms with van der Waals surface area (Å²) in [7, 11) is 0. The molecule has 0 radical (unpaired) electrons. The highest BCUT2D eigenvalue weighted by Crippen LogP contribution is 2.56. The van der Waals surface area contributed by atoms with Crippen LogP contribution in [0.2, 0.25) is 0 Å². The molecule has 4 aromatic carbocycles. The van der Waals surface area contributed by atoms with E-state index in [9.17, 15) is 0 Å². The van der Waals surface area contributed by atoms with Gasteiger partial charge in [0.1, 0.15) is 0 Å². The fourth-order valence-electron chi connectivity index (χ4n) is 8.60. The first kappa shape index (κ1) is 29.0. The number of hydrogen-bond donors (Lipinski definition) is 0. The molecular weight excluding hydrogens is 543 g/mol. The van der Waals surface area contributed by atoms with Crippen LogP contribution in [-0.4, -0.2) is 16.8 Å². The van der Waals surface area contributed by atoms with Crippen molar-refractivity contribution in [2.24, 2.45) is 0 Å². The van der Waals surface area contributed by atoms with Gasteiger partial charge in [0.2, 0.25) is 0 Å². The number of aromatic nitrogens is 1. The van der Waals surface area contributed by atoms with Crippen LogP contribution in [0.25, 0.3) is 27.5 Å². The van der Waals surface area contributed by atoms with Gasteiger partial charge in [0.25, 0.3) is 6.71 Å². The molecule has 0 aliphatic carbocycles. The van der Waals surface area contributed by atoms with Crippen molar-refractivity contribution < 1.29 is 0 Å². The van der Waals surface area contributed by atoms with Crippen molar-refractivity contribution in [1.82, 2.24) is 4.57 Å². The summed E-state index contributed by atoms with van der Waals surface area (Å²) in [6.45, 7) is 31.2. The summed E-state index contributed by atoms with van der Waals surface area (Å²) < 4.78 is 2.61. The van der Waals surface area contributed by atoms with Gasteiger partial charge in [-0.05, 0) is 99.1 Å². The van der Waals surface area contributed by atoms with Gasteiger partial charge in [0.15, 0.2) is 0 Å². The molecule has 0 atom stereocenters. The largest absolute Gasteiger partial charge is 0.336 e. The van der Waals surface area contributed by atoms with E-state index in [-0.39, 0.29) is 33.9 Å². The molecule has 0 bridgehead atoms. The second-order valence-electron chi connectivity index (χ2n) is 18.4. The lowest BCUT2D eigenvalue weighted by Crippen LogP contribution is -2.63. The van der Waals surface area contributed by atoms with E-state index in [0.717, 1.165) is 0 Å². The minimum Gasteiger partial charge on any atom is -0.336 e. The lowest BCUT2D eigenvalue weighted by Gasteiger charge is -2.47. The minimum absolute atomic E-state index is 0.0253. The Labute approximate surface area is 270 Å². The van der Waals surface area contributed by atoms with E-state index in [1.54, 1.807) is 0 Å². The van der Waals surface area contributed by atoms with Crippen molar-refractivity contribution in [3.05, 3.63) is 82.9 Å². The molecule has 0 N–H and O–H groups in total. The fourth-order valence-corrected chi connectivity index (χ4v) is 8.60. The maximum absolute atomic E-state index is 2.72. The van der Waals surface area contributed by atoms with Gasteiger partial charge in [-0.15, -0.1) is 0 Å². The van der Waals surface area contributed by atoms with Crippen LogP contribution in [0.4, 0.5) is 11.4 Å². The van der Waals surface area contributed by atoms with E-state index >= 15 is 0 Å². The zero-order chi connectivity index (χ0) is 32.4. The molecule has 45 heavy (non-hydrogen) atoms. The van der Waals surface area contributed by atoms with E-state index in [1.165, 1.54) is 77.5 Å². The number of fused-ring (bicyclic) bond motifs is 7. The Morgan fingerprint density at radius 2 is 1.18 bits per heavy atom. The summed E-state index contributed by atoms with van der Waals surface area (Å²) in [5.74, 6) is 0. The molecule has 1 aromatic heterocycles. The summed E-state index contributed by atoms with van der Waals surface area (Å²) in [6, 6.07) is 24.5. The van der Waals surface area contributed by atoms with E-state index in [2.05, 4.69) is 160 Å². The minimum atomic E-state index is -0.0933. The first-order valence-electron chi connectivity index (χ1n) is 17.0. The van der Waals surface area contributed by atoms with Crippen molar-refractivity contribution in [3.8, 4) is 5.69 Å². The standard InChI is InChI=1S/C42H49BN2/c1-38(2,3)24-17-18-32-27(19-24)28-20-25(39(4,5)6)22-30-36(28)44(32)33-15-14-16-34-35(33)43(30)31-23-26(40(7,8)9)21-29-37(31)45(34)42(12,13)41(29,10)11/h14-23H,1-13H3. The second-order valence-corrected chi connectivity index (χ2v) is 18.4. The van der Waals surface area contributed by atoms with Gasteiger partial charge in [0.05, 0.1) is 5.52 Å². The third-order valence-corrected chi connectivity index (χ3v) is 12.1. The monoisotopic (exact) mass is 592 g/mol. The van der Waals surface area contributed by atoms with E-state index in [1.807, 2.05) is 0 Å². The van der Waals surface area contributed by atoms with E-state index < -0.39 is 0 Å². The van der Waals surface area contributed by atoms with Gasteiger partial charge in [-0.3, -0.25) is 0 Å². The Morgan fingerprint density at radius 1 is 0.600 bits per heavy atom. The SMILES string of the molecule is CC(C)(C)c1cc2c3c(c1)C(C)(C)C(C)(C)N3c1cccc3c1B2c1cc(C(C)(C)C)cc2c4cc(C(C)(C)C)ccc4n-3c12. The average Bonchev–Trinajstić information content (AvgIpc) is 3.34. The maximum Gasteiger partial charge on any atom is 0.252 e. The number of rotatable bonds is 0. The fraction of sp³-hybridized carbons (Fsp3) is 0.429. The zero-order valence-corrected chi connectivity index (χ0v) is 29.7. The van der Waals surface area contributed by atoms with Crippen molar-refractivity contribution in [3.63, 3.8) is 0 Å². The van der Waals surface area contributed by atoms with Crippen LogP contribution in [0.1, 0.15) is 112 Å². The van der Waals surface area contributed by atoms with Crippen molar-refractivity contribution >= 4 is 56.3 Å². The normalized spacial score (nSPS) is 17.7. The highest BCUT2D eigenvalue weighted by Gasteiger charge is 2.57. The van der Waals surface area contributed by atoms with Gasteiger partial charge in [-0.2, -0.15) is 0 Å². The Kier molecular flexibility index (Phi) is 5.33. The van der Waals surface area contributed by atoms with Crippen molar-refractivity contribution in [2.75, 3.05) is 4.90 Å². The van der Waals surface area contributed by atoms with E-state index in [0.29, 0.717) is 0 Å². The molecular formula is C42H49BN2. The second kappa shape index (κ2) is 8.27. The predicted octanol–water partition coefficient (Wildman–Crippen LogP) is 9.03. The molecule has 5 aromatic rings. The Hall–Kier alpha value is -3.46. The molecule has 0 spiro atoms. The lowest BCUT2D eigenvalue weighted by atomic mass is 9.33. The Morgan fingerprint density at radius 3 is 1.82 bits per heavy atom. The van der Waals surface area contributed by atoms with E-state index in [4.69, 9.17) is 0 Å². The first-order chi connectivity index (χ1) is 20.7. The molecule has 0 saturated carbocycles. The molecule has 3 aliphatic rings. The van der Waals surface area contributed by atoms with Crippen LogP contribution < -0.4 is 21.3 Å². The van der Waals surface area contributed by atoms with Crippen molar-refractivity contribution in [1.29, 1.82) is 0 Å². The third-order valence-electron chi connectivity index (χ3n) is 12.1. The van der Waals surface area contributed by atoms with Gasteiger partial charge < -0.3 is 9.47 Å². The van der Waals surface area contributed by atoms with Gasteiger partial charge >= 0.3 is 0 Å². The highest BCUT2D eigenvalue weighted by atomic mass is 15.3. The summed E-state index contributed by atoms with van der Waals surface area (Å²) in [4.78, 5) is 2.72. The molecule has 4 heterocycles. The van der Waals surface area contributed by atoms with Crippen LogP contribution in [0.5, 0.6) is 0 Å².